The molecule has 0 unspecified atom stereocenters. The highest BCUT2D eigenvalue weighted by Crippen LogP contribution is 2.30. The van der Waals surface area contributed by atoms with E-state index in [1.807, 2.05) is 32.6 Å². The van der Waals surface area contributed by atoms with E-state index < -0.39 is 10.1 Å². The summed E-state index contributed by atoms with van der Waals surface area (Å²) in [6, 6.07) is 10.6. The number of anilines is 1. The van der Waals surface area contributed by atoms with Crippen molar-refractivity contribution in [3.63, 3.8) is 0 Å². The van der Waals surface area contributed by atoms with Gasteiger partial charge in [0.25, 0.3) is 16.0 Å². The minimum Gasteiger partial charge on any atom is -0.494 e. The zero-order valence-corrected chi connectivity index (χ0v) is 25.9. The highest BCUT2D eigenvalue weighted by atomic mass is 32.2. The van der Waals surface area contributed by atoms with Crippen molar-refractivity contribution in [3.05, 3.63) is 42.0 Å². The van der Waals surface area contributed by atoms with Gasteiger partial charge in [0, 0.05) is 17.6 Å². The zero-order chi connectivity index (χ0) is 31.4. The smallest absolute Gasteiger partial charge is 0.418 e. The molecule has 0 radical (unpaired) electrons. The summed E-state index contributed by atoms with van der Waals surface area (Å²) in [4.78, 5) is 26.5. The van der Waals surface area contributed by atoms with Crippen LogP contribution >= 0.6 is 0 Å². The Balaban J connectivity index is 0.00000113. The number of quaternary nitrogens is 1. The number of nitrogens with two attached hydrogens (primary N) is 1. The topological polar surface area (TPSA) is 174 Å². The van der Waals surface area contributed by atoms with E-state index in [9.17, 15) is 18.0 Å². The first-order valence-corrected chi connectivity index (χ1v) is 15.3. The second kappa shape index (κ2) is 15.9. The Morgan fingerprint density at radius 3 is 2.21 bits per heavy atom. The summed E-state index contributed by atoms with van der Waals surface area (Å²) in [6.45, 7) is 9.00. The average Bonchev–Trinajstić information content (AvgIpc) is 3.30. The largest absolute Gasteiger partial charge is 0.494 e. The van der Waals surface area contributed by atoms with E-state index in [-0.39, 0.29) is 24.0 Å². The van der Waals surface area contributed by atoms with Crippen LogP contribution in [0.25, 0.3) is 11.0 Å². The fourth-order valence-corrected chi connectivity index (χ4v) is 4.00. The number of hydrogen-bond donors (Lipinski definition) is 3. The van der Waals surface area contributed by atoms with Crippen molar-refractivity contribution in [2.75, 3.05) is 38.9 Å². The zero-order valence-electron chi connectivity index (χ0n) is 25.0. The van der Waals surface area contributed by atoms with Gasteiger partial charge in [0.15, 0.2) is 22.9 Å². The molecule has 0 atom stereocenters. The molecule has 14 heteroatoms. The first kappa shape index (κ1) is 34.3. The lowest BCUT2D eigenvalue weighted by Gasteiger charge is -2.31. The maximum absolute atomic E-state index is 13.0. The molecule has 0 fully saturated rings. The number of nitrogens with zero attached hydrogens (tertiary/aromatic N) is 2. The van der Waals surface area contributed by atoms with E-state index >= 15 is 0 Å². The summed E-state index contributed by atoms with van der Waals surface area (Å²) < 4.78 is 48.4. The number of primary amides is 1. The van der Waals surface area contributed by atoms with Crippen LogP contribution in [-0.2, 0) is 10.1 Å². The Morgan fingerprint density at radius 1 is 1.02 bits per heavy atom. The van der Waals surface area contributed by atoms with E-state index in [4.69, 9.17) is 23.3 Å². The highest BCUT2D eigenvalue weighted by Gasteiger charge is 2.22. The quantitative estimate of drug-likeness (QED) is 0.203. The lowest BCUT2D eigenvalue weighted by molar-refractivity contribution is -0.519. The van der Waals surface area contributed by atoms with Gasteiger partial charge < -0.3 is 23.6 Å². The van der Waals surface area contributed by atoms with Gasteiger partial charge in [-0.2, -0.15) is 8.42 Å². The van der Waals surface area contributed by atoms with Crippen LogP contribution in [0.15, 0.2) is 40.9 Å². The van der Waals surface area contributed by atoms with Crippen LogP contribution in [-0.4, -0.2) is 80.7 Å². The van der Waals surface area contributed by atoms with Gasteiger partial charge in [0.1, 0.15) is 5.75 Å². The number of fused-ring (bicyclic) bond motifs is 1. The van der Waals surface area contributed by atoms with Gasteiger partial charge in [-0.15, -0.1) is 0 Å². The van der Waals surface area contributed by atoms with Crippen LogP contribution in [0.2, 0.25) is 0 Å². The number of urea groups is 1. The summed E-state index contributed by atoms with van der Waals surface area (Å²) in [6.07, 6.45) is 2.25. The van der Waals surface area contributed by atoms with Crippen molar-refractivity contribution in [2.24, 2.45) is 0 Å². The van der Waals surface area contributed by atoms with Gasteiger partial charge in [0.05, 0.1) is 39.0 Å². The molecular formula is C28H41N4O9S+. The minimum absolute atomic E-state index is 0.0328. The summed E-state index contributed by atoms with van der Waals surface area (Å²) in [5, 5.41) is 8.66. The Bertz CT molecular complexity index is 1420. The summed E-state index contributed by atoms with van der Waals surface area (Å²) >= 11 is 0. The highest BCUT2D eigenvalue weighted by molar-refractivity contribution is 7.85. The van der Waals surface area contributed by atoms with E-state index in [1.165, 1.54) is 5.32 Å². The molecule has 0 saturated heterocycles. The van der Waals surface area contributed by atoms with Gasteiger partial charge in [0.2, 0.25) is 0 Å². The third kappa shape index (κ3) is 10.8. The molecule has 1 heterocycles. The van der Waals surface area contributed by atoms with Crippen molar-refractivity contribution in [1.82, 2.24) is 10.1 Å². The average molecular weight is 610 g/mol. The number of amides is 3. The first-order valence-electron chi connectivity index (χ1n) is 13.4. The van der Waals surface area contributed by atoms with Crippen molar-refractivity contribution in [1.29, 1.82) is 0 Å². The third-order valence-corrected chi connectivity index (χ3v) is 5.77. The second-order valence-corrected chi connectivity index (χ2v) is 11.3. The van der Waals surface area contributed by atoms with Crippen LogP contribution in [0.1, 0.15) is 50.9 Å². The number of unbranched alkanes of at least 4 members (excludes halogenated alkanes) is 1. The molecule has 232 valence electrons. The predicted molar refractivity (Wildman–Crippen MR) is 158 cm³/mol. The van der Waals surface area contributed by atoms with Gasteiger partial charge in [-0.05, 0) is 76.9 Å². The van der Waals surface area contributed by atoms with E-state index in [2.05, 4.69) is 10.5 Å². The summed E-state index contributed by atoms with van der Waals surface area (Å²) in [5.74, 6) is 2.11. The van der Waals surface area contributed by atoms with Crippen LogP contribution in [0.3, 0.4) is 0 Å². The molecule has 4 N–H and O–H groups in total. The van der Waals surface area contributed by atoms with E-state index in [0.29, 0.717) is 59.1 Å². The number of carbonyl (C=O) groups is 2. The van der Waals surface area contributed by atoms with E-state index in [0.717, 1.165) is 12.8 Å². The minimum atomic E-state index is -3.67. The molecule has 3 aromatic rings. The lowest BCUT2D eigenvalue weighted by atomic mass is 10.1. The molecule has 0 spiro atoms. The lowest BCUT2D eigenvalue weighted by Crippen LogP contribution is -2.85. The van der Waals surface area contributed by atoms with Crippen LogP contribution < -0.4 is 24.8 Å². The fraction of sp³-hybridized carbons (Fsp3) is 0.464. The molecule has 1 aromatic heterocycles. The van der Waals surface area contributed by atoms with Gasteiger partial charge in [-0.25, -0.2) is 4.79 Å². The maximum atomic E-state index is 13.0. The van der Waals surface area contributed by atoms with Crippen LogP contribution in [0, 0.1) is 0 Å². The second-order valence-electron chi connectivity index (χ2n) is 9.87. The number of nitrogens with one attached hydrogen (secondary N) is 1. The van der Waals surface area contributed by atoms with Crippen LogP contribution in [0.4, 0.5) is 10.6 Å². The Morgan fingerprint density at radius 2 is 1.64 bits per heavy atom. The fourth-order valence-electron chi connectivity index (χ4n) is 4.00. The molecule has 3 amide bonds. The van der Waals surface area contributed by atoms with Crippen molar-refractivity contribution in [2.45, 2.75) is 52.6 Å². The maximum Gasteiger partial charge on any atom is 0.418 e. The Kier molecular flexibility index (Phi) is 13.0. The monoisotopic (exact) mass is 609 g/mol. The number of benzene rings is 2. The van der Waals surface area contributed by atoms with Crippen molar-refractivity contribution in [3.8, 4) is 17.2 Å². The third-order valence-electron chi connectivity index (χ3n) is 5.77. The van der Waals surface area contributed by atoms with Gasteiger partial charge in [-0.1, -0.05) is 5.16 Å². The van der Waals surface area contributed by atoms with E-state index in [1.54, 1.807) is 50.6 Å². The number of ether oxygens (including phenoxy) is 3. The molecule has 0 saturated carbocycles. The Labute approximate surface area is 246 Å². The molecule has 0 bridgehead atoms. The molecule has 3 rings (SSSR count). The number of methoxy groups -OCH3 is 1. The molecular weight excluding hydrogens is 568 g/mol. The summed E-state index contributed by atoms with van der Waals surface area (Å²) in [7, 11) is -0.452. The molecule has 0 aliphatic heterocycles. The molecule has 13 nitrogen and oxygen atoms in total. The SMILES string of the molecule is CS(=O)(=O)O.C[NH2+]C(=O)Nc1noc2ccc(OCCCCOc3ccc(C(=O)N(C(C)C)C(C)C)cc3OC)cc12. The van der Waals surface area contributed by atoms with Gasteiger partial charge >= 0.3 is 6.03 Å². The molecule has 0 aliphatic carbocycles. The molecule has 42 heavy (non-hydrogen) atoms. The van der Waals surface area contributed by atoms with Crippen LogP contribution in [0.5, 0.6) is 17.2 Å². The predicted octanol–water partition coefficient (Wildman–Crippen LogP) is 3.56. The summed E-state index contributed by atoms with van der Waals surface area (Å²) in [5.41, 5.74) is 1.13. The molecule has 2 aromatic carbocycles. The first-order chi connectivity index (χ1) is 19.7. The number of rotatable bonds is 12. The van der Waals surface area contributed by atoms with Gasteiger partial charge in [-0.3, -0.25) is 20.0 Å². The number of hydrogen-bond acceptors (Lipinski definition) is 9. The number of aromatic nitrogens is 1. The van der Waals surface area contributed by atoms with Crippen molar-refractivity contribution >= 4 is 38.8 Å². The Hall–Kier alpha value is -3.88. The number of carbonyl (C=O) groups excluding carboxylic acids is 2. The van der Waals surface area contributed by atoms with Crippen molar-refractivity contribution < 1.29 is 46.6 Å². The normalized spacial score (nSPS) is 11.2. The standard InChI is InChI=1S/C27H36N4O6.CH4O3S/c1-17(2)31(18(3)4)26(32)19-9-11-23(24(15-19)34-6)36-14-8-7-13-35-20-10-12-22-21(16-20)25(30-37-22)29-27(33)28-5;1-5(2,3)4/h9-12,15-18H,7-8,13-14H2,1-6H3,(H2,28,29,30,33);1H3,(H,2,3,4)/p+1. The molecule has 0 aliphatic rings.